The first-order chi connectivity index (χ1) is 9.08. The third-order valence-corrected chi connectivity index (χ3v) is 4.86. The maximum absolute atomic E-state index is 5.45. The predicted molar refractivity (Wildman–Crippen MR) is 91.6 cm³/mol. The molecule has 1 heterocycles. The van der Waals surface area contributed by atoms with Gasteiger partial charge in [0.05, 0.1) is 16.7 Å². The molecule has 0 aliphatic carbocycles. The Morgan fingerprint density at radius 3 is 2.37 bits per heavy atom. The van der Waals surface area contributed by atoms with E-state index in [1.54, 1.807) is 0 Å². The molecular formula is C13H7Br3N2S. The van der Waals surface area contributed by atoms with Crippen LogP contribution in [0.1, 0.15) is 0 Å². The summed E-state index contributed by atoms with van der Waals surface area (Å²) in [6, 6.07) is 12.0. The number of hydrogen-bond donors (Lipinski definition) is 1. The van der Waals surface area contributed by atoms with Gasteiger partial charge in [-0.1, -0.05) is 22.0 Å². The van der Waals surface area contributed by atoms with Gasteiger partial charge in [0.15, 0.2) is 4.77 Å². The topological polar surface area (TPSA) is 20.7 Å². The Bertz CT molecular complexity index is 815. The minimum absolute atomic E-state index is 0.667. The van der Waals surface area contributed by atoms with E-state index in [0.29, 0.717) is 4.77 Å². The van der Waals surface area contributed by atoms with Gasteiger partial charge in [0.2, 0.25) is 0 Å². The zero-order chi connectivity index (χ0) is 13.6. The van der Waals surface area contributed by atoms with Gasteiger partial charge < -0.3 is 4.98 Å². The zero-order valence-electron chi connectivity index (χ0n) is 9.45. The summed E-state index contributed by atoms with van der Waals surface area (Å²) >= 11 is 16.1. The number of aromatic amines is 1. The molecule has 0 bridgehead atoms. The van der Waals surface area contributed by atoms with Crippen molar-refractivity contribution in [3.05, 3.63) is 54.6 Å². The summed E-state index contributed by atoms with van der Waals surface area (Å²) in [5.41, 5.74) is 3.04. The summed E-state index contributed by atoms with van der Waals surface area (Å²) in [7, 11) is 0. The number of rotatable bonds is 1. The number of fused-ring (bicyclic) bond motifs is 1. The van der Waals surface area contributed by atoms with Crippen LogP contribution in [0.25, 0.3) is 16.7 Å². The van der Waals surface area contributed by atoms with E-state index in [4.69, 9.17) is 12.2 Å². The lowest BCUT2D eigenvalue weighted by Crippen LogP contribution is -1.96. The number of H-pyrrole nitrogens is 1. The van der Waals surface area contributed by atoms with Gasteiger partial charge >= 0.3 is 0 Å². The highest BCUT2D eigenvalue weighted by atomic mass is 79.9. The fraction of sp³-hybridized carbons (Fsp3) is 0. The minimum Gasteiger partial charge on any atom is -0.330 e. The Labute approximate surface area is 140 Å². The van der Waals surface area contributed by atoms with Gasteiger partial charge in [-0.05, 0) is 74.4 Å². The number of nitrogens with zero attached hydrogens (tertiary/aromatic N) is 1. The average molecular weight is 463 g/mol. The second-order valence-electron chi connectivity index (χ2n) is 4.00. The van der Waals surface area contributed by atoms with Crippen molar-refractivity contribution in [1.29, 1.82) is 0 Å². The molecule has 3 aromatic rings. The molecule has 0 saturated heterocycles. The summed E-state index contributed by atoms with van der Waals surface area (Å²) in [6.07, 6.45) is 0. The van der Waals surface area contributed by atoms with Gasteiger partial charge in [-0.25, -0.2) is 0 Å². The van der Waals surface area contributed by atoms with Gasteiger partial charge in [0.1, 0.15) is 0 Å². The predicted octanol–water partition coefficient (Wildman–Crippen LogP) is 5.98. The van der Waals surface area contributed by atoms with E-state index in [2.05, 4.69) is 52.8 Å². The van der Waals surface area contributed by atoms with Crippen molar-refractivity contribution in [1.82, 2.24) is 9.55 Å². The molecule has 0 aliphatic rings. The van der Waals surface area contributed by atoms with Crippen LogP contribution in [0, 0.1) is 4.77 Å². The summed E-state index contributed by atoms with van der Waals surface area (Å²) in [5, 5.41) is 0. The maximum atomic E-state index is 5.45. The van der Waals surface area contributed by atoms with E-state index in [1.807, 2.05) is 41.0 Å². The van der Waals surface area contributed by atoms with Gasteiger partial charge in [0.25, 0.3) is 0 Å². The smallest absolute Gasteiger partial charge is 0.182 e. The summed E-state index contributed by atoms with van der Waals surface area (Å²) in [6.45, 7) is 0. The normalized spacial score (nSPS) is 11.1. The lowest BCUT2D eigenvalue weighted by Gasteiger charge is -2.09. The van der Waals surface area contributed by atoms with Crippen molar-refractivity contribution in [2.24, 2.45) is 0 Å². The van der Waals surface area contributed by atoms with E-state index in [9.17, 15) is 0 Å². The van der Waals surface area contributed by atoms with Crippen molar-refractivity contribution in [3.8, 4) is 5.69 Å². The summed E-state index contributed by atoms with van der Waals surface area (Å²) in [4.78, 5) is 3.22. The van der Waals surface area contributed by atoms with Crippen LogP contribution in [-0.4, -0.2) is 9.55 Å². The molecule has 2 nitrogen and oxygen atoms in total. The molecule has 0 unspecified atom stereocenters. The molecule has 0 fully saturated rings. The van der Waals surface area contributed by atoms with Crippen molar-refractivity contribution < 1.29 is 0 Å². The van der Waals surface area contributed by atoms with Crippen LogP contribution >= 0.6 is 60.0 Å². The molecule has 96 valence electrons. The second-order valence-corrected chi connectivity index (χ2v) is 7.01. The van der Waals surface area contributed by atoms with E-state index < -0.39 is 0 Å². The molecule has 0 aliphatic heterocycles. The van der Waals surface area contributed by atoms with Crippen molar-refractivity contribution in [3.63, 3.8) is 0 Å². The van der Waals surface area contributed by atoms with Crippen LogP contribution in [-0.2, 0) is 0 Å². The highest BCUT2D eigenvalue weighted by molar-refractivity contribution is 9.11. The van der Waals surface area contributed by atoms with Crippen molar-refractivity contribution >= 4 is 71.0 Å². The molecule has 2 aromatic carbocycles. The summed E-state index contributed by atoms with van der Waals surface area (Å²) < 4.78 is 5.67. The quantitative estimate of drug-likeness (QED) is 0.441. The molecule has 6 heteroatoms. The Kier molecular flexibility index (Phi) is 3.68. The molecule has 0 saturated carbocycles. The fourth-order valence-corrected chi connectivity index (χ4v) is 4.00. The highest BCUT2D eigenvalue weighted by Crippen LogP contribution is 2.32. The van der Waals surface area contributed by atoms with Gasteiger partial charge in [-0.2, -0.15) is 0 Å². The number of imidazole rings is 1. The lowest BCUT2D eigenvalue weighted by atomic mass is 10.3. The highest BCUT2D eigenvalue weighted by Gasteiger charge is 2.12. The van der Waals surface area contributed by atoms with Crippen LogP contribution < -0.4 is 0 Å². The Morgan fingerprint density at radius 2 is 1.68 bits per heavy atom. The Morgan fingerprint density at radius 1 is 1.00 bits per heavy atom. The molecule has 1 N–H and O–H groups in total. The fourth-order valence-electron chi connectivity index (χ4n) is 2.00. The number of aromatic nitrogens is 2. The number of nitrogens with one attached hydrogen (secondary N) is 1. The van der Waals surface area contributed by atoms with Gasteiger partial charge in [0, 0.05) is 13.4 Å². The number of benzene rings is 2. The first-order valence-corrected chi connectivity index (χ1v) is 8.21. The van der Waals surface area contributed by atoms with Crippen molar-refractivity contribution in [2.45, 2.75) is 0 Å². The van der Waals surface area contributed by atoms with Crippen LogP contribution in [0.5, 0.6) is 0 Å². The van der Waals surface area contributed by atoms with Crippen LogP contribution in [0.4, 0.5) is 0 Å². The van der Waals surface area contributed by atoms with Crippen LogP contribution in [0.3, 0.4) is 0 Å². The van der Waals surface area contributed by atoms with Crippen molar-refractivity contribution in [2.75, 3.05) is 0 Å². The SMILES string of the molecule is S=c1[nH]c2ccc(Br)cc2n1-c1c(Br)cccc1Br. The van der Waals surface area contributed by atoms with Gasteiger partial charge in [-0.15, -0.1) is 0 Å². The summed E-state index contributed by atoms with van der Waals surface area (Å²) in [5.74, 6) is 0. The Balaban J connectivity index is 2.46. The largest absolute Gasteiger partial charge is 0.330 e. The molecule has 0 atom stereocenters. The average Bonchev–Trinajstić information content (AvgIpc) is 2.66. The van der Waals surface area contributed by atoms with E-state index in [0.717, 1.165) is 30.1 Å². The third-order valence-electron chi connectivity index (χ3n) is 2.81. The monoisotopic (exact) mass is 460 g/mol. The molecular weight excluding hydrogens is 456 g/mol. The van der Waals surface area contributed by atoms with Crippen LogP contribution in [0.15, 0.2) is 49.8 Å². The van der Waals surface area contributed by atoms with Gasteiger partial charge in [-0.3, -0.25) is 4.57 Å². The molecule has 19 heavy (non-hydrogen) atoms. The standard InChI is InChI=1S/C13H7Br3N2S/c14-7-4-5-10-11(6-7)18(13(19)17-10)12-8(15)2-1-3-9(12)16/h1-6H,(H,17,19). The Hall–Kier alpha value is -0.430. The third kappa shape index (κ3) is 2.35. The van der Waals surface area contributed by atoms with E-state index in [1.165, 1.54) is 0 Å². The molecule has 1 aromatic heterocycles. The first kappa shape index (κ1) is 13.5. The maximum Gasteiger partial charge on any atom is 0.182 e. The van der Waals surface area contributed by atoms with Crippen LogP contribution in [0.2, 0.25) is 0 Å². The molecule has 0 radical (unpaired) electrons. The van der Waals surface area contributed by atoms with E-state index in [-0.39, 0.29) is 0 Å². The number of para-hydroxylation sites is 1. The lowest BCUT2D eigenvalue weighted by molar-refractivity contribution is 1.05. The van der Waals surface area contributed by atoms with E-state index >= 15 is 0 Å². The number of hydrogen-bond acceptors (Lipinski definition) is 1. The molecule has 3 rings (SSSR count). The molecule has 0 amide bonds. The number of halogens is 3. The minimum atomic E-state index is 0.667. The molecule has 0 spiro atoms. The first-order valence-electron chi connectivity index (χ1n) is 5.42. The second kappa shape index (κ2) is 5.16. The zero-order valence-corrected chi connectivity index (χ0v) is 15.0.